The highest BCUT2D eigenvalue weighted by molar-refractivity contribution is 6.32. The molecule has 0 amide bonds. The lowest BCUT2D eigenvalue weighted by atomic mass is 10.2. The minimum absolute atomic E-state index is 0.429. The fourth-order valence-corrected chi connectivity index (χ4v) is 1.20. The van der Waals surface area contributed by atoms with Crippen LogP contribution >= 0.6 is 11.6 Å². The van der Waals surface area contributed by atoms with E-state index in [0.29, 0.717) is 16.3 Å². The lowest BCUT2D eigenvalue weighted by Gasteiger charge is -2.02. The molecule has 0 heterocycles. The Balaban J connectivity index is 2.91. The topological polar surface area (TPSA) is 52.4 Å². The van der Waals surface area contributed by atoms with Gasteiger partial charge in [0, 0.05) is 6.08 Å². The number of hydrogen-bond acceptors (Lipinski definition) is 3. The first kappa shape index (κ1) is 10.5. The molecule has 74 valence electrons. The molecule has 0 fully saturated rings. The van der Waals surface area contributed by atoms with Gasteiger partial charge in [0.2, 0.25) is 6.20 Å². The molecule has 0 saturated carbocycles. The van der Waals surface area contributed by atoms with Crippen molar-refractivity contribution in [2.45, 2.75) is 0 Å². The molecule has 0 saturated heterocycles. The second-order valence-electron chi connectivity index (χ2n) is 2.50. The average Bonchev–Trinajstić information content (AvgIpc) is 2.15. The van der Waals surface area contributed by atoms with E-state index < -0.39 is 4.92 Å². The summed E-state index contributed by atoms with van der Waals surface area (Å²) < 4.78 is 4.94. The van der Waals surface area contributed by atoms with E-state index in [1.807, 2.05) is 0 Å². The second-order valence-corrected chi connectivity index (χ2v) is 2.90. The van der Waals surface area contributed by atoms with Crippen LogP contribution in [0, 0.1) is 10.1 Å². The maximum atomic E-state index is 10.0. The fourth-order valence-electron chi connectivity index (χ4n) is 0.933. The molecular formula is C9H8ClNO3. The molecule has 0 N–H and O–H groups in total. The van der Waals surface area contributed by atoms with E-state index >= 15 is 0 Å². The van der Waals surface area contributed by atoms with Crippen LogP contribution in [0.4, 0.5) is 0 Å². The maximum Gasteiger partial charge on any atom is 0.235 e. The zero-order valence-corrected chi connectivity index (χ0v) is 8.19. The first-order valence-electron chi connectivity index (χ1n) is 3.78. The quantitative estimate of drug-likeness (QED) is 0.573. The van der Waals surface area contributed by atoms with Crippen molar-refractivity contribution in [3.8, 4) is 5.75 Å². The standard InChI is InChI=1S/C9H8ClNO3/c1-14-9-3-2-7(6-8(9)10)4-5-11(12)13/h2-6H,1H3/b5-4+. The normalized spacial score (nSPS) is 10.4. The Labute approximate surface area is 85.9 Å². The average molecular weight is 214 g/mol. The van der Waals surface area contributed by atoms with Crippen LogP contribution < -0.4 is 4.74 Å². The summed E-state index contributed by atoms with van der Waals surface area (Å²) in [5.74, 6) is 0.546. The van der Waals surface area contributed by atoms with Crippen LogP contribution in [0.1, 0.15) is 5.56 Å². The van der Waals surface area contributed by atoms with Gasteiger partial charge in [-0.25, -0.2) is 0 Å². The zero-order chi connectivity index (χ0) is 10.6. The predicted octanol–water partition coefficient (Wildman–Crippen LogP) is 2.60. The van der Waals surface area contributed by atoms with E-state index in [0.717, 1.165) is 6.20 Å². The highest BCUT2D eigenvalue weighted by atomic mass is 35.5. The van der Waals surface area contributed by atoms with Crippen molar-refractivity contribution < 1.29 is 9.66 Å². The molecular weight excluding hydrogens is 206 g/mol. The van der Waals surface area contributed by atoms with Crippen molar-refractivity contribution in [1.29, 1.82) is 0 Å². The number of methoxy groups -OCH3 is 1. The van der Waals surface area contributed by atoms with E-state index in [-0.39, 0.29) is 0 Å². The van der Waals surface area contributed by atoms with Gasteiger partial charge in [0.25, 0.3) is 0 Å². The van der Waals surface area contributed by atoms with Gasteiger partial charge in [-0.1, -0.05) is 17.7 Å². The molecule has 1 aromatic rings. The Bertz CT molecular complexity index is 376. The molecule has 0 atom stereocenters. The highest BCUT2D eigenvalue weighted by Crippen LogP contribution is 2.25. The highest BCUT2D eigenvalue weighted by Gasteiger charge is 2.00. The number of halogens is 1. The van der Waals surface area contributed by atoms with E-state index in [9.17, 15) is 10.1 Å². The smallest absolute Gasteiger partial charge is 0.235 e. The Hall–Kier alpha value is -1.55. The summed E-state index contributed by atoms with van der Waals surface area (Å²) in [4.78, 5) is 9.51. The summed E-state index contributed by atoms with van der Waals surface area (Å²) in [6.45, 7) is 0. The molecule has 1 aromatic carbocycles. The third-order valence-electron chi connectivity index (χ3n) is 1.56. The molecule has 0 unspecified atom stereocenters. The molecule has 0 aliphatic heterocycles. The number of ether oxygens (including phenoxy) is 1. The monoisotopic (exact) mass is 213 g/mol. The Morgan fingerprint density at radius 1 is 1.57 bits per heavy atom. The Kier molecular flexibility index (Phi) is 3.48. The number of nitro groups is 1. The van der Waals surface area contributed by atoms with Crippen LogP contribution in [0.2, 0.25) is 5.02 Å². The summed E-state index contributed by atoms with van der Waals surface area (Å²) in [6.07, 6.45) is 2.23. The number of rotatable bonds is 3. The molecule has 0 aliphatic rings. The Morgan fingerprint density at radius 3 is 2.79 bits per heavy atom. The second kappa shape index (κ2) is 4.62. The molecule has 1 rings (SSSR count). The minimum atomic E-state index is -0.530. The van der Waals surface area contributed by atoms with E-state index in [4.69, 9.17) is 16.3 Å². The lowest BCUT2D eigenvalue weighted by Crippen LogP contribution is -1.85. The van der Waals surface area contributed by atoms with E-state index in [1.165, 1.54) is 13.2 Å². The number of nitrogens with zero attached hydrogens (tertiary/aromatic N) is 1. The van der Waals surface area contributed by atoms with Crippen LogP contribution in [0.5, 0.6) is 5.75 Å². The third kappa shape index (κ3) is 2.74. The van der Waals surface area contributed by atoms with Gasteiger partial charge in [-0.15, -0.1) is 0 Å². The molecule has 0 spiro atoms. The molecule has 4 nitrogen and oxygen atoms in total. The van der Waals surface area contributed by atoms with Crippen molar-refractivity contribution in [1.82, 2.24) is 0 Å². The third-order valence-corrected chi connectivity index (χ3v) is 1.86. The first-order chi connectivity index (χ1) is 6.63. The first-order valence-corrected chi connectivity index (χ1v) is 4.16. The van der Waals surface area contributed by atoms with Crippen LogP contribution in [0.15, 0.2) is 24.4 Å². The molecule has 0 aliphatic carbocycles. The largest absolute Gasteiger partial charge is 0.495 e. The Morgan fingerprint density at radius 2 is 2.29 bits per heavy atom. The van der Waals surface area contributed by atoms with Crippen LogP contribution in [0.25, 0.3) is 6.08 Å². The number of benzene rings is 1. The molecule has 0 aromatic heterocycles. The van der Waals surface area contributed by atoms with Crippen LogP contribution in [-0.4, -0.2) is 12.0 Å². The summed E-state index contributed by atoms with van der Waals surface area (Å²) in [5, 5.41) is 10.5. The van der Waals surface area contributed by atoms with E-state index in [2.05, 4.69) is 0 Å². The molecule has 0 bridgehead atoms. The van der Waals surface area contributed by atoms with Gasteiger partial charge in [0.15, 0.2) is 0 Å². The summed E-state index contributed by atoms with van der Waals surface area (Å²) in [7, 11) is 1.51. The predicted molar refractivity (Wildman–Crippen MR) is 54.0 cm³/mol. The SMILES string of the molecule is COc1ccc(/C=C/[N+](=O)[O-])cc1Cl. The number of hydrogen-bond donors (Lipinski definition) is 0. The fraction of sp³-hybridized carbons (Fsp3) is 0.111. The molecule has 14 heavy (non-hydrogen) atoms. The zero-order valence-electron chi connectivity index (χ0n) is 7.44. The van der Waals surface area contributed by atoms with Crippen LogP contribution in [0.3, 0.4) is 0 Å². The van der Waals surface area contributed by atoms with Crippen LogP contribution in [-0.2, 0) is 0 Å². The van der Waals surface area contributed by atoms with Gasteiger partial charge in [0.05, 0.1) is 17.1 Å². The summed E-state index contributed by atoms with van der Waals surface area (Å²) in [5.41, 5.74) is 0.660. The maximum absolute atomic E-state index is 10.0. The van der Waals surface area contributed by atoms with Gasteiger partial charge >= 0.3 is 0 Å². The van der Waals surface area contributed by atoms with Crippen molar-refractivity contribution in [2.75, 3.05) is 7.11 Å². The van der Waals surface area contributed by atoms with Gasteiger partial charge in [0.1, 0.15) is 5.75 Å². The summed E-state index contributed by atoms with van der Waals surface area (Å²) >= 11 is 5.82. The van der Waals surface area contributed by atoms with Crippen molar-refractivity contribution in [2.24, 2.45) is 0 Å². The van der Waals surface area contributed by atoms with Gasteiger partial charge in [-0.05, 0) is 17.7 Å². The van der Waals surface area contributed by atoms with Gasteiger partial charge in [-0.3, -0.25) is 10.1 Å². The van der Waals surface area contributed by atoms with Gasteiger partial charge in [-0.2, -0.15) is 0 Å². The van der Waals surface area contributed by atoms with E-state index in [1.54, 1.807) is 18.2 Å². The van der Waals surface area contributed by atoms with Crippen molar-refractivity contribution in [3.05, 3.63) is 45.1 Å². The lowest BCUT2D eigenvalue weighted by molar-refractivity contribution is -0.400. The summed E-state index contributed by atoms with van der Waals surface area (Å²) in [6, 6.07) is 4.94. The minimum Gasteiger partial charge on any atom is -0.495 e. The van der Waals surface area contributed by atoms with Crippen molar-refractivity contribution in [3.63, 3.8) is 0 Å². The van der Waals surface area contributed by atoms with Gasteiger partial charge < -0.3 is 4.74 Å². The molecule has 0 radical (unpaired) electrons. The van der Waals surface area contributed by atoms with Crippen molar-refractivity contribution >= 4 is 17.7 Å². The molecule has 5 heteroatoms.